The maximum atomic E-state index is 12.1. The van der Waals surface area contributed by atoms with E-state index in [2.05, 4.69) is 10.6 Å². The van der Waals surface area contributed by atoms with Gasteiger partial charge in [-0.25, -0.2) is 0 Å². The first kappa shape index (κ1) is 20.6. The Kier molecular flexibility index (Phi) is 6.49. The lowest BCUT2D eigenvalue weighted by Crippen LogP contribution is -2.14. The van der Waals surface area contributed by atoms with Crippen LogP contribution in [0.15, 0.2) is 65.2 Å². The fourth-order valence-electron chi connectivity index (χ4n) is 2.11. The number of nitrogens with one attached hydrogen (secondary N) is 2. The van der Waals surface area contributed by atoms with Crippen LogP contribution in [0.5, 0.6) is 0 Å². The van der Waals surface area contributed by atoms with Crippen molar-refractivity contribution in [1.82, 2.24) is 0 Å². The Morgan fingerprint density at radius 2 is 1.61 bits per heavy atom. The molecule has 0 spiro atoms. The van der Waals surface area contributed by atoms with Gasteiger partial charge in [-0.15, -0.1) is 0 Å². The molecule has 2 aromatic carbocycles. The standard InChI is InChI=1S/C18H15N3O6S/c19-10-13(11-20-14-3-1-12(2-4-14)9-17(22)23)18(24)21-15-5-7-16(8-6-15)28(25,26)27/h1-8,11,20H,9H2,(H,21,24)(H,22,23)(H,25,26,27)/b13-11-. The van der Waals surface area contributed by atoms with Crippen LogP contribution in [-0.4, -0.2) is 30.0 Å². The molecule has 28 heavy (non-hydrogen) atoms. The van der Waals surface area contributed by atoms with Gasteiger partial charge in [-0.3, -0.25) is 14.1 Å². The number of amides is 1. The minimum atomic E-state index is -4.34. The number of carbonyl (C=O) groups is 2. The Hall–Kier alpha value is -3.68. The van der Waals surface area contributed by atoms with Crippen molar-refractivity contribution in [3.63, 3.8) is 0 Å². The Balaban J connectivity index is 2.04. The van der Waals surface area contributed by atoms with E-state index in [9.17, 15) is 18.0 Å². The number of anilines is 2. The van der Waals surface area contributed by atoms with E-state index in [1.165, 1.54) is 18.3 Å². The molecule has 0 saturated carbocycles. The number of nitrogens with zero attached hydrogens (tertiary/aromatic N) is 1. The summed E-state index contributed by atoms with van der Waals surface area (Å²) in [6.45, 7) is 0. The molecule has 0 radical (unpaired) electrons. The highest BCUT2D eigenvalue weighted by Crippen LogP contribution is 2.15. The average Bonchev–Trinajstić information content (AvgIpc) is 2.63. The molecule has 0 heterocycles. The molecule has 9 nitrogen and oxygen atoms in total. The highest BCUT2D eigenvalue weighted by atomic mass is 32.2. The molecule has 0 aliphatic rings. The predicted molar refractivity (Wildman–Crippen MR) is 100.0 cm³/mol. The van der Waals surface area contributed by atoms with Gasteiger partial charge in [-0.05, 0) is 42.0 Å². The molecule has 1 amide bonds. The van der Waals surface area contributed by atoms with E-state index < -0.39 is 22.0 Å². The van der Waals surface area contributed by atoms with Gasteiger partial charge in [-0.2, -0.15) is 13.7 Å². The smallest absolute Gasteiger partial charge is 0.307 e. The van der Waals surface area contributed by atoms with Crippen molar-refractivity contribution in [2.24, 2.45) is 0 Å². The molecule has 4 N–H and O–H groups in total. The summed E-state index contributed by atoms with van der Waals surface area (Å²) in [5, 5.41) is 23.1. The zero-order valence-electron chi connectivity index (χ0n) is 14.3. The van der Waals surface area contributed by atoms with Crippen LogP contribution in [0.2, 0.25) is 0 Å². The Morgan fingerprint density at radius 3 is 2.11 bits per heavy atom. The second-order valence-electron chi connectivity index (χ2n) is 5.54. The summed E-state index contributed by atoms with van der Waals surface area (Å²) in [6.07, 6.45) is 1.08. The molecule has 0 aliphatic heterocycles. The van der Waals surface area contributed by atoms with E-state index in [-0.39, 0.29) is 22.6 Å². The predicted octanol–water partition coefficient (Wildman–Crippen LogP) is 2.02. The largest absolute Gasteiger partial charge is 0.481 e. The molecule has 0 fully saturated rings. The van der Waals surface area contributed by atoms with Gasteiger partial charge in [0.1, 0.15) is 11.6 Å². The van der Waals surface area contributed by atoms with E-state index in [0.717, 1.165) is 12.1 Å². The fraction of sp³-hybridized carbons (Fsp3) is 0.0556. The molecular formula is C18H15N3O6S. The number of carboxylic acids is 1. The SMILES string of the molecule is N#C/C(=C/Nc1ccc(CC(=O)O)cc1)C(=O)Nc1ccc(S(=O)(=O)O)cc1. The van der Waals surface area contributed by atoms with Crippen molar-refractivity contribution >= 4 is 33.4 Å². The minimum Gasteiger partial charge on any atom is -0.481 e. The van der Waals surface area contributed by atoms with E-state index in [1.807, 2.05) is 0 Å². The zero-order chi connectivity index (χ0) is 20.7. The van der Waals surface area contributed by atoms with Crippen molar-refractivity contribution in [3.05, 3.63) is 65.9 Å². The first-order chi connectivity index (χ1) is 13.2. The number of carboxylic acid groups (broad SMARTS) is 1. The summed E-state index contributed by atoms with van der Waals surface area (Å²) in [5.74, 6) is -1.68. The van der Waals surface area contributed by atoms with Crippen LogP contribution < -0.4 is 10.6 Å². The average molecular weight is 401 g/mol. The van der Waals surface area contributed by atoms with Gasteiger partial charge in [0.05, 0.1) is 11.3 Å². The van der Waals surface area contributed by atoms with E-state index in [4.69, 9.17) is 14.9 Å². The molecule has 0 bridgehead atoms. The quantitative estimate of drug-likeness (QED) is 0.312. The van der Waals surface area contributed by atoms with Gasteiger partial charge in [0.15, 0.2) is 0 Å². The van der Waals surface area contributed by atoms with Crippen LogP contribution in [-0.2, 0) is 26.1 Å². The second-order valence-corrected chi connectivity index (χ2v) is 6.96. The van der Waals surface area contributed by atoms with E-state index in [0.29, 0.717) is 11.3 Å². The van der Waals surface area contributed by atoms with Gasteiger partial charge >= 0.3 is 5.97 Å². The van der Waals surface area contributed by atoms with Crippen LogP contribution >= 0.6 is 0 Å². The number of aliphatic carboxylic acids is 1. The molecule has 144 valence electrons. The van der Waals surface area contributed by atoms with Crippen LogP contribution in [0.3, 0.4) is 0 Å². The first-order valence-electron chi connectivity index (χ1n) is 7.75. The summed E-state index contributed by atoms with van der Waals surface area (Å²) < 4.78 is 30.9. The number of benzene rings is 2. The summed E-state index contributed by atoms with van der Waals surface area (Å²) in [7, 11) is -4.34. The van der Waals surface area contributed by atoms with Gasteiger partial charge < -0.3 is 15.7 Å². The lowest BCUT2D eigenvalue weighted by Gasteiger charge is -2.06. The number of carbonyl (C=O) groups excluding carboxylic acids is 1. The van der Waals surface area contributed by atoms with Crippen molar-refractivity contribution < 1.29 is 27.7 Å². The topological polar surface area (TPSA) is 157 Å². The maximum absolute atomic E-state index is 12.1. The van der Waals surface area contributed by atoms with Crippen molar-refractivity contribution in [2.75, 3.05) is 10.6 Å². The Labute approximate surface area is 160 Å². The van der Waals surface area contributed by atoms with Crippen molar-refractivity contribution in [2.45, 2.75) is 11.3 Å². The molecule has 10 heteroatoms. The Morgan fingerprint density at radius 1 is 1.04 bits per heavy atom. The van der Waals surface area contributed by atoms with Crippen molar-refractivity contribution in [3.8, 4) is 6.07 Å². The van der Waals surface area contributed by atoms with Crippen LogP contribution in [0.1, 0.15) is 5.56 Å². The molecule has 0 atom stereocenters. The third-order valence-corrected chi connectivity index (χ3v) is 4.34. The van der Waals surface area contributed by atoms with Gasteiger partial charge in [0, 0.05) is 17.6 Å². The monoisotopic (exact) mass is 401 g/mol. The first-order valence-corrected chi connectivity index (χ1v) is 9.19. The zero-order valence-corrected chi connectivity index (χ0v) is 15.1. The number of nitriles is 1. The highest BCUT2D eigenvalue weighted by Gasteiger charge is 2.12. The second kappa shape index (κ2) is 8.81. The normalized spacial score (nSPS) is 11.4. The molecule has 2 aromatic rings. The van der Waals surface area contributed by atoms with Crippen LogP contribution in [0, 0.1) is 11.3 Å². The molecular weight excluding hydrogens is 386 g/mol. The fourth-order valence-corrected chi connectivity index (χ4v) is 2.59. The highest BCUT2D eigenvalue weighted by molar-refractivity contribution is 7.85. The van der Waals surface area contributed by atoms with Gasteiger partial charge in [-0.1, -0.05) is 12.1 Å². The minimum absolute atomic E-state index is 0.113. The van der Waals surface area contributed by atoms with Crippen LogP contribution in [0.4, 0.5) is 11.4 Å². The molecule has 2 rings (SSSR count). The lowest BCUT2D eigenvalue weighted by atomic mass is 10.1. The van der Waals surface area contributed by atoms with E-state index >= 15 is 0 Å². The Bertz CT molecular complexity index is 1050. The molecule has 0 saturated heterocycles. The molecule has 0 aromatic heterocycles. The summed E-state index contributed by atoms with van der Waals surface area (Å²) in [6, 6.07) is 12.9. The molecule has 0 unspecified atom stereocenters. The molecule has 0 aliphatic carbocycles. The van der Waals surface area contributed by atoms with Gasteiger partial charge in [0.2, 0.25) is 0 Å². The summed E-state index contributed by atoms with van der Waals surface area (Å²) in [5.41, 5.74) is 1.14. The summed E-state index contributed by atoms with van der Waals surface area (Å²) in [4.78, 5) is 22.5. The summed E-state index contributed by atoms with van der Waals surface area (Å²) >= 11 is 0. The van der Waals surface area contributed by atoms with Crippen LogP contribution in [0.25, 0.3) is 0 Å². The van der Waals surface area contributed by atoms with Gasteiger partial charge in [0.25, 0.3) is 16.0 Å². The number of rotatable bonds is 7. The number of hydrogen-bond acceptors (Lipinski definition) is 6. The van der Waals surface area contributed by atoms with Crippen molar-refractivity contribution in [1.29, 1.82) is 5.26 Å². The third kappa shape index (κ3) is 5.94. The number of hydrogen-bond donors (Lipinski definition) is 4. The maximum Gasteiger partial charge on any atom is 0.307 e. The third-order valence-electron chi connectivity index (χ3n) is 3.47. The van der Waals surface area contributed by atoms with E-state index in [1.54, 1.807) is 30.3 Å². The lowest BCUT2D eigenvalue weighted by molar-refractivity contribution is -0.136.